The summed E-state index contributed by atoms with van der Waals surface area (Å²) in [5.74, 6) is 1.30. The zero-order valence-corrected chi connectivity index (χ0v) is 14.3. The second kappa shape index (κ2) is 9.56. The van der Waals surface area contributed by atoms with Crippen molar-refractivity contribution in [2.45, 2.75) is 26.7 Å². The summed E-state index contributed by atoms with van der Waals surface area (Å²) in [6.45, 7) is 5.16. The van der Waals surface area contributed by atoms with Gasteiger partial charge in [-0.15, -0.1) is 0 Å². The second-order valence-corrected chi connectivity index (χ2v) is 5.61. The number of rotatable bonds is 9. The minimum atomic E-state index is 0.536. The third kappa shape index (κ3) is 5.58. The molecule has 0 heterocycles. The number of carbonyl (C=O) groups excluding carboxylic acids is 1. The zero-order chi connectivity index (χ0) is 17.2. The molecule has 0 aromatic heterocycles. The van der Waals surface area contributed by atoms with Crippen molar-refractivity contribution in [3.8, 4) is 11.5 Å². The molecule has 0 atom stereocenters. The Balaban J connectivity index is 1.87. The Morgan fingerprint density at radius 3 is 2.54 bits per heavy atom. The molecule has 0 amide bonds. The van der Waals surface area contributed by atoms with Crippen molar-refractivity contribution in [2.75, 3.05) is 13.2 Å². The quantitative estimate of drug-likeness (QED) is 0.375. The molecule has 0 spiro atoms. The summed E-state index contributed by atoms with van der Waals surface area (Å²) in [6, 6.07) is 15.7. The van der Waals surface area contributed by atoms with Gasteiger partial charge in [-0.2, -0.15) is 0 Å². The van der Waals surface area contributed by atoms with Gasteiger partial charge in [0.2, 0.25) is 0 Å². The van der Waals surface area contributed by atoms with Crippen LogP contribution in [0.3, 0.4) is 0 Å². The number of allylic oxidation sites excluding steroid dienone is 1. The van der Waals surface area contributed by atoms with E-state index in [1.807, 2.05) is 13.0 Å². The molecule has 24 heavy (non-hydrogen) atoms. The molecule has 2 aromatic rings. The maximum absolute atomic E-state index is 10.9. The van der Waals surface area contributed by atoms with Crippen LogP contribution in [0, 0.1) is 0 Å². The first-order chi connectivity index (χ1) is 11.7. The summed E-state index contributed by atoms with van der Waals surface area (Å²) >= 11 is 0. The lowest BCUT2D eigenvalue weighted by molar-refractivity contribution is 0.112. The number of hydrogen-bond acceptors (Lipinski definition) is 3. The molecule has 126 valence electrons. The SMILES string of the molecule is CCOc1cc(C=O)ccc1OCCC=C(C)Cc1ccccc1. The largest absolute Gasteiger partial charge is 0.490 e. The molecule has 0 saturated heterocycles. The first-order valence-corrected chi connectivity index (χ1v) is 8.27. The molecule has 0 bridgehead atoms. The summed E-state index contributed by atoms with van der Waals surface area (Å²) < 4.78 is 11.3. The summed E-state index contributed by atoms with van der Waals surface area (Å²) in [5.41, 5.74) is 3.23. The van der Waals surface area contributed by atoms with Gasteiger partial charge in [0.15, 0.2) is 11.5 Å². The van der Waals surface area contributed by atoms with Crippen LogP contribution in [0.2, 0.25) is 0 Å². The van der Waals surface area contributed by atoms with Gasteiger partial charge in [-0.05, 0) is 50.5 Å². The van der Waals surface area contributed by atoms with E-state index < -0.39 is 0 Å². The molecular formula is C21H24O3. The molecule has 0 aliphatic rings. The van der Waals surface area contributed by atoms with E-state index in [-0.39, 0.29) is 0 Å². The monoisotopic (exact) mass is 324 g/mol. The van der Waals surface area contributed by atoms with E-state index in [4.69, 9.17) is 9.47 Å². The van der Waals surface area contributed by atoms with Crippen molar-refractivity contribution in [1.82, 2.24) is 0 Å². The zero-order valence-electron chi connectivity index (χ0n) is 14.3. The molecule has 0 unspecified atom stereocenters. The average Bonchev–Trinajstić information content (AvgIpc) is 2.60. The molecule has 0 radical (unpaired) electrons. The predicted octanol–water partition coefficient (Wildman–Crippen LogP) is 4.86. The fourth-order valence-electron chi connectivity index (χ4n) is 2.45. The predicted molar refractivity (Wildman–Crippen MR) is 97.0 cm³/mol. The Morgan fingerprint density at radius 1 is 1.04 bits per heavy atom. The van der Waals surface area contributed by atoms with Gasteiger partial charge in [-0.25, -0.2) is 0 Å². The van der Waals surface area contributed by atoms with Crippen molar-refractivity contribution in [2.24, 2.45) is 0 Å². The van der Waals surface area contributed by atoms with Crippen LogP contribution < -0.4 is 9.47 Å². The van der Waals surface area contributed by atoms with Crippen LogP contribution in [-0.4, -0.2) is 19.5 Å². The van der Waals surface area contributed by atoms with Gasteiger partial charge in [-0.1, -0.05) is 42.0 Å². The number of carbonyl (C=O) groups is 1. The van der Waals surface area contributed by atoms with Crippen LogP contribution in [0.25, 0.3) is 0 Å². The summed E-state index contributed by atoms with van der Waals surface area (Å²) in [5, 5.41) is 0. The van der Waals surface area contributed by atoms with Crippen molar-refractivity contribution in [3.63, 3.8) is 0 Å². The van der Waals surface area contributed by atoms with Gasteiger partial charge in [0.1, 0.15) is 6.29 Å². The Labute approximate surface area is 143 Å². The molecule has 3 heteroatoms. The van der Waals surface area contributed by atoms with Crippen molar-refractivity contribution >= 4 is 6.29 Å². The molecule has 0 aliphatic carbocycles. The summed E-state index contributed by atoms with van der Waals surface area (Å²) in [6.07, 6.45) is 4.80. The Morgan fingerprint density at radius 2 is 1.83 bits per heavy atom. The minimum absolute atomic E-state index is 0.536. The fraction of sp³-hybridized carbons (Fsp3) is 0.286. The third-order valence-corrected chi connectivity index (χ3v) is 3.60. The Bertz CT molecular complexity index is 675. The molecule has 2 aromatic carbocycles. The topological polar surface area (TPSA) is 35.5 Å². The van der Waals surface area contributed by atoms with Gasteiger partial charge >= 0.3 is 0 Å². The molecule has 0 saturated carbocycles. The highest BCUT2D eigenvalue weighted by Crippen LogP contribution is 2.28. The van der Waals surface area contributed by atoms with Gasteiger partial charge in [-0.3, -0.25) is 4.79 Å². The average molecular weight is 324 g/mol. The van der Waals surface area contributed by atoms with E-state index in [2.05, 4.69) is 37.3 Å². The highest BCUT2D eigenvalue weighted by molar-refractivity contribution is 5.76. The molecular weight excluding hydrogens is 300 g/mol. The van der Waals surface area contributed by atoms with Crippen LogP contribution in [0.5, 0.6) is 11.5 Å². The van der Waals surface area contributed by atoms with Crippen LogP contribution in [-0.2, 0) is 6.42 Å². The first kappa shape index (κ1) is 17.8. The van der Waals surface area contributed by atoms with E-state index in [1.165, 1.54) is 11.1 Å². The van der Waals surface area contributed by atoms with Crippen molar-refractivity contribution in [1.29, 1.82) is 0 Å². The summed E-state index contributed by atoms with van der Waals surface area (Å²) in [4.78, 5) is 10.9. The minimum Gasteiger partial charge on any atom is -0.490 e. The van der Waals surface area contributed by atoms with Crippen molar-refractivity contribution < 1.29 is 14.3 Å². The number of ether oxygens (including phenoxy) is 2. The van der Waals surface area contributed by atoms with E-state index in [9.17, 15) is 4.79 Å². The van der Waals surface area contributed by atoms with Crippen LogP contribution >= 0.6 is 0 Å². The summed E-state index contributed by atoms with van der Waals surface area (Å²) in [7, 11) is 0. The Hall–Kier alpha value is -2.55. The number of benzene rings is 2. The van der Waals surface area contributed by atoms with Crippen LogP contribution in [0.15, 0.2) is 60.2 Å². The third-order valence-electron chi connectivity index (χ3n) is 3.60. The molecule has 2 rings (SSSR count). The maximum atomic E-state index is 10.9. The Kier molecular flexibility index (Phi) is 7.09. The van der Waals surface area contributed by atoms with Gasteiger partial charge in [0.25, 0.3) is 0 Å². The van der Waals surface area contributed by atoms with Gasteiger partial charge in [0, 0.05) is 5.56 Å². The molecule has 0 fully saturated rings. The lowest BCUT2D eigenvalue weighted by Gasteiger charge is -2.12. The molecule has 3 nitrogen and oxygen atoms in total. The second-order valence-electron chi connectivity index (χ2n) is 5.61. The van der Waals surface area contributed by atoms with Crippen LogP contribution in [0.4, 0.5) is 0 Å². The molecule has 0 N–H and O–H groups in total. The molecule has 0 aliphatic heterocycles. The van der Waals surface area contributed by atoms with E-state index in [0.29, 0.717) is 30.3 Å². The normalized spacial score (nSPS) is 11.2. The highest BCUT2D eigenvalue weighted by atomic mass is 16.5. The van der Waals surface area contributed by atoms with Crippen LogP contribution in [0.1, 0.15) is 36.2 Å². The lowest BCUT2D eigenvalue weighted by atomic mass is 10.1. The number of hydrogen-bond donors (Lipinski definition) is 0. The van der Waals surface area contributed by atoms with E-state index >= 15 is 0 Å². The lowest BCUT2D eigenvalue weighted by Crippen LogP contribution is -2.01. The maximum Gasteiger partial charge on any atom is 0.161 e. The smallest absolute Gasteiger partial charge is 0.161 e. The first-order valence-electron chi connectivity index (χ1n) is 8.27. The van der Waals surface area contributed by atoms with E-state index in [1.54, 1.807) is 18.2 Å². The fourth-order valence-corrected chi connectivity index (χ4v) is 2.45. The highest BCUT2D eigenvalue weighted by Gasteiger charge is 2.06. The van der Waals surface area contributed by atoms with Gasteiger partial charge in [0.05, 0.1) is 13.2 Å². The number of aldehydes is 1. The van der Waals surface area contributed by atoms with E-state index in [0.717, 1.165) is 19.1 Å². The van der Waals surface area contributed by atoms with Gasteiger partial charge < -0.3 is 9.47 Å². The standard InChI is InChI=1S/C21H24O3/c1-3-23-21-15-19(16-22)11-12-20(21)24-13-7-8-17(2)14-18-9-5-4-6-10-18/h4-6,8-12,15-16H,3,7,13-14H2,1-2H3. The van der Waals surface area contributed by atoms with Crippen molar-refractivity contribution in [3.05, 3.63) is 71.3 Å².